The summed E-state index contributed by atoms with van der Waals surface area (Å²) in [4.78, 5) is 12.5. The van der Waals surface area contributed by atoms with Gasteiger partial charge in [-0.2, -0.15) is 10.2 Å². The highest BCUT2D eigenvalue weighted by Crippen LogP contribution is 2.24. The zero-order valence-electron chi connectivity index (χ0n) is 13.4. The van der Waals surface area contributed by atoms with Crippen LogP contribution in [0.5, 0.6) is 5.75 Å². The molecule has 124 valence electrons. The number of amides is 1. The number of nitrogens with one attached hydrogen (secondary N) is 2. The number of aromatic amines is 1. The first-order valence-corrected chi connectivity index (χ1v) is 7.72. The minimum Gasteiger partial charge on any atom is -0.508 e. The van der Waals surface area contributed by atoms with Crippen LogP contribution in [0.25, 0.3) is 16.6 Å². The number of anilines is 1. The molecule has 0 aliphatic heterocycles. The van der Waals surface area contributed by atoms with Crippen LogP contribution in [-0.4, -0.2) is 31.0 Å². The molecule has 0 spiro atoms. The zero-order chi connectivity index (χ0) is 17.4. The third-order valence-corrected chi connectivity index (χ3v) is 3.96. The van der Waals surface area contributed by atoms with Gasteiger partial charge in [0.1, 0.15) is 5.75 Å². The Bertz CT molecular complexity index is 1080. The number of H-pyrrole nitrogens is 1. The quantitative estimate of drug-likeness (QED) is 0.537. The Kier molecular flexibility index (Phi) is 3.46. The number of aromatic hydroxyl groups is 1. The van der Waals surface area contributed by atoms with Gasteiger partial charge >= 0.3 is 0 Å². The van der Waals surface area contributed by atoms with Crippen LogP contribution in [-0.2, 0) is 0 Å². The third-order valence-electron chi connectivity index (χ3n) is 3.96. The van der Waals surface area contributed by atoms with E-state index < -0.39 is 0 Å². The van der Waals surface area contributed by atoms with E-state index in [0.717, 1.165) is 11.3 Å². The number of hydrogen-bond acceptors (Lipinski definition) is 4. The van der Waals surface area contributed by atoms with Crippen LogP contribution in [0.15, 0.2) is 54.7 Å². The molecule has 3 N–H and O–H groups in total. The zero-order valence-corrected chi connectivity index (χ0v) is 13.4. The maximum absolute atomic E-state index is 12.5. The predicted octanol–water partition coefficient (Wildman–Crippen LogP) is 3.01. The molecule has 2 aromatic carbocycles. The van der Waals surface area contributed by atoms with Gasteiger partial charge in [-0.3, -0.25) is 9.89 Å². The van der Waals surface area contributed by atoms with Gasteiger partial charge in [0.25, 0.3) is 5.91 Å². The summed E-state index contributed by atoms with van der Waals surface area (Å²) >= 11 is 0. The number of phenols is 1. The van der Waals surface area contributed by atoms with Gasteiger partial charge in [0.2, 0.25) is 0 Å². The molecule has 0 radical (unpaired) electrons. The van der Waals surface area contributed by atoms with Crippen molar-refractivity contribution in [2.75, 3.05) is 5.32 Å². The summed E-state index contributed by atoms with van der Waals surface area (Å²) < 4.78 is 1.67. The summed E-state index contributed by atoms with van der Waals surface area (Å²) in [6.07, 6.45) is 1.75. The van der Waals surface area contributed by atoms with Gasteiger partial charge in [-0.25, -0.2) is 4.68 Å². The van der Waals surface area contributed by atoms with Crippen LogP contribution in [0.2, 0.25) is 0 Å². The highest BCUT2D eigenvalue weighted by molar-refractivity contribution is 6.06. The second-order valence-electron chi connectivity index (χ2n) is 5.69. The van der Waals surface area contributed by atoms with Crippen molar-refractivity contribution in [2.24, 2.45) is 0 Å². The summed E-state index contributed by atoms with van der Waals surface area (Å²) in [6.45, 7) is 1.99. The summed E-state index contributed by atoms with van der Waals surface area (Å²) in [5.41, 5.74) is 2.91. The lowest BCUT2D eigenvalue weighted by atomic mass is 10.2. The number of carbonyl (C=O) groups is 1. The van der Waals surface area contributed by atoms with Gasteiger partial charge in [0, 0.05) is 17.6 Å². The van der Waals surface area contributed by atoms with Crippen molar-refractivity contribution in [2.45, 2.75) is 6.92 Å². The lowest BCUT2D eigenvalue weighted by Gasteiger charge is -2.04. The van der Waals surface area contributed by atoms with Crippen molar-refractivity contribution in [3.8, 4) is 11.4 Å². The predicted molar refractivity (Wildman–Crippen MR) is 94.0 cm³/mol. The fourth-order valence-electron chi connectivity index (χ4n) is 2.67. The van der Waals surface area contributed by atoms with Crippen LogP contribution in [0.1, 0.15) is 16.1 Å². The maximum Gasteiger partial charge on any atom is 0.277 e. The van der Waals surface area contributed by atoms with E-state index in [9.17, 15) is 9.90 Å². The molecule has 0 aliphatic carbocycles. The number of aryl methyl sites for hydroxylation is 1. The standard InChI is InChI=1S/C18H15N5O2/c1-11-4-2-3-5-16(11)23-9-8-14(22-23)18(25)19-17-13-7-6-12(24)10-15(13)20-21-17/h2-10,24H,1H3,(H2,19,20,21,25). The molecule has 0 bridgehead atoms. The normalized spacial score (nSPS) is 10.9. The minimum atomic E-state index is -0.353. The molecular weight excluding hydrogens is 318 g/mol. The molecule has 0 fully saturated rings. The van der Waals surface area contributed by atoms with E-state index >= 15 is 0 Å². The van der Waals surface area contributed by atoms with Crippen molar-refractivity contribution < 1.29 is 9.90 Å². The molecule has 0 saturated carbocycles. The van der Waals surface area contributed by atoms with E-state index in [2.05, 4.69) is 20.6 Å². The average molecular weight is 333 g/mol. The Morgan fingerprint density at radius 3 is 2.88 bits per heavy atom. The van der Waals surface area contributed by atoms with Crippen LogP contribution >= 0.6 is 0 Å². The van der Waals surface area contributed by atoms with E-state index in [1.807, 2.05) is 31.2 Å². The van der Waals surface area contributed by atoms with Crippen molar-refractivity contribution >= 4 is 22.6 Å². The van der Waals surface area contributed by atoms with Crippen molar-refractivity contribution in [3.63, 3.8) is 0 Å². The Labute approximate surface area is 142 Å². The first-order valence-electron chi connectivity index (χ1n) is 7.72. The number of rotatable bonds is 3. The topological polar surface area (TPSA) is 95.8 Å². The molecule has 25 heavy (non-hydrogen) atoms. The molecule has 0 aliphatic rings. The fourth-order valence-corrected chi connectivity index (χ4v) is 2.67. The van der Waals surface area contributed by atoms with Crippen molar-refractivity contribution in [1.82, 2.24) is 20.0 Å². The van der Waals surface area contributed by atoms with E-state index in [4.69, 9.17) is 0 Å². The van der Waals surface area contributed by atoms with Gasteiger partial charge in [0.15, 0.2) is 11.5 Å². The van der Waals surface area contributed by atoms with Crippen LogP contribution in [0.3, 0.4) is 0 Å². The average Bonchev–Trinajstić information content (AvgIpc) is 3.23. The number of para-hydroxylation sites is 1. The Balaban J connectivity index is 1.60. The number of carbonyl (C=O) groups excluding carboxylic acids is 1. The molecule has 0 atom stereocenters. The minimum absolute atomic E-state index is 0.131. The second kappa shape index (κ2) is 5.79. The number of aromatic nitrogens is 4. The summed E-state index contributed by atoms with van der Waals surface area (Å²) in [5, 5.41) is 24.1. The molecular formula is C18H15N5O2. The number of hydrogen-bond donors (Lipinski definition) is 3. The first kappa shape index (κ1) is 14.9. The van der Waals surface area contributed by atoms with E-state index in [1.54, 1.807) is 35.1 Å². The van der Waals surface area contributed by atoms with Gasteiger partial charge in [0.05, 0.1) is 11.2 Å². The molecule has 2 aromatic heterocycles. The lowest BCUT2D eigenvalue weighted by molar-refractivity contribution is 0.102. The van der Waals surface area contributed by atoms with Crippen LogP contribution < -0.4 is 5.32 Å². The summed E-state index contributed by atoms with van der Waals surface area (Å²) in [7, 11) is 0. The second-order valence-corrected chi connectivity index (χ2v) is 5.69. The Hall–Kier alpha value is -3.61. The monoisotopic (exact) mass is 333 g/mol. The molecule has 0 saturated heterocycles. The number of nitrogens with zero attached hydrogens (tertiary/aromatic N) is 3. The first-order chi connectivity index (χ1) is 12.1. The highest BCUT2D eigenvalue weighted by Gasteiger charge is 2.14. The summed E-state index contributed by atoms with van der Waals surface area (Å²) in [5.74, 6) is 0.172. The van der Waals surface area contributed by atoms with Gasteiger partial charge in [-0.05, 0) is 36.8 Å². The van der Waals surface area contributed by atoms with Gasteiger partial charge in [-0.15, -0.1) is 0 Å². The van der Waals surface area contributed by atoms with Crippen LogP contribution in [0.4, 0.5) is 5.82 Å². The molecule has 4 aromatic rings. The Morgan fingerprint density at radius 2 is 2.04 bits per heavy atom. The highest BCUT2D eigenvalue weighted by atomic mass is 16.3. The van der Waals surface area contributed by atoms with Crippen LogP contribution in [0, 0.1) is 6.92 Å². The SMILES string of the molecule is Cc1ccccc1-n1ccc(C(=O)Nc2n[nH]c3cc(O)ccc23)n1. The molecule has 7 nitrogen and oxygen atoms in total. The van der Waals surface area contributed by atoms with Crippen molar-refractivity contribution in [1.29, 1.82) is 0 Å². The molecule has 4 rings (SSSR count). The van der Waals surface area contributed by atoms with Gasteiger partial charge in [-0.1, -0.05) is 18.2 Å². The summed E-state index contributed by atoms with van der Waals surface area (Å²) in [6, 6.07) is 14.2. The van der Waals surface area contributed by atoms with Gasteiger partial charge < -0.3 is 10.4 Å². The molecule has 0 unspecified atom stereocenters. The van der Waals surface area contributed by atoms with E-state index in [0.29, 0.717) is 16.7 Å². The lowest BCUT2D eigenvalue weighted by Crippen LogP contribution is -2.13. The van der Waals surface area contributed by atoms with E-state index in [1.165, 1.54) is 0 Å². The number of fused-ring (bicyclic) bond motifs is 1. The fraction of sp³-hybridized carbons (Fsp3) is 0.0556. The largest absolute Gasteiger partial charge is 0.508 e. The third kappa shape index (κ3) is 2.72. The number of phenolic OH excluding ortho intramolecular Hbond substituents is 1. The van der Waals surface area contributed by atoms with E-state index in [-0.39, 0.29) is 17.4 Å². The molecule has 7 heteroatoms. The van der Waals surface area contributed by atoms with Crippen molar-refractivity contribution in [3.05, 3.63) is 66.0 Å². The number of benzene rings is 2. The smallest absolute Gasteiger partial charge is 0.277 e. The molecule has 1 amide bonds. The molecule has 2 heterocycles. The maximum atomic E-state index is 12.5. The Morgan fingerprint density at radius 1 is 1.20 bits per heavy atom.